The van der Waals surface area contributed by atoms with Gasteiger partial charge in [-0.25, -0.2) is 4.98 Å². The first-order valence-electron chi connectivity index (χ1n) is 8.11. The first-order chi connectivity index (χ1) is 12.3. The van der Waals surface area contributed by atoms with Crippen molar-refractivity contribution in [3.8, 4) is 0 Å². The molecule has 1 aliphatic rings. The van der Waals surface area contributed by atoms with Crippen LogP contribution in [-0.2, 0) is 0 Å². The van der Waals surface area contributed by atoms with Crippen LogP contribution in [0.15, 0.2) is 64.0 Å². The summed E-state index contributed by atoms with van der Waals surface area (Å²) < 4.78 is 0. The summed E-state index contributed by atoms with van der Waals surface area (Å²) in [5.74, 6) is 1.19. The molecule has 0 fully saturated rings. The fraction of sp³-hybridized carbons (Fsp3) is 0.167. The highest BCUT2D eigenvalue weighted by Crippen LogP contribution is 2.31. The molecule has 1 aromatic carbocycles. The lowest BCUT2D eigenvalue weighted by Crippen LogP contribution is -2.30. The topological polar surface area (TPSA) is 101 Å². The van der Waals surface area contributed by atoms with Gasteiger partial charge in [0.15, 0.2) is 5.82 Å². The highest BCUT2D eigenvalue weighted by molar-refractivity contribution is 5.97. The quantitative estimate of drug-likeness (QED) is 0.718. The minimum atomic E-state index is 0.354. The number of anilines is 1. The number of azo groups is 1. The van der Waals surface area contributed by atoms with E-state index >= 15 is 0 Å². The fourth-order valence-corrected chi connectivity index (χ4v) is 2.67. The number of aliphatic imine (C=N–C) groups is 1. The first-order valence-corrected chi connectivity index (χ1v) is 8.11. The third-order valence-corrected chi connectivity index (χ3v) is 3.95. The first kappa shape index (κ1) is 15.2. The summed E-state index contributed by atoms with van der Waals surface area (Å²) in [5, 5.41) is 13.7. The van der Waals surface area contributed by atoms with E-state index < -0.39 is 0 Å². The summed E-state index contributed by atoms with van der Waals surface area (Å²) in [6.45, 7) is 1.76. The van der Waals surface area contributed by atoms with Crippen molar-refractivity contribution >= 4 is 33.8 Å². The van der Waals surface area contributed by atoms with Crippen molar-refractivity contribution in [1.82, 2.24) is 15.3 Å². The number of hydrogen-bond donors (Lipinski definition) is 2. The molecule has 0 unspecified atom stereocenters. The van der Waals surface area contributed by atoms with Crippen LogP contribution in [0.2, 0.25) is 0 Å². The van der Waals surface area contributed by atoms with Gasteiger partial charge in [0.05, 0.1) is 6.20 Å². The summed E-state index contributed by atoms with van der Waals surface area (Å²) in [6, 6.07) is 11.6. The van der Waals surface area contributed by atoms with E-state index in [2.05, 4.69) is 30.5 Å². The molecule has 0 radical (unpaired) electrons. The number of rotatable bonds is 3. The van der Waals surface area contributed by atoms with E-state index in [1.807, 2.05) is 36.4 Å². The minimum absolute atomic E-state index is 0.354. The van der Waals surface area contributed by atoms with Gasteiger partial charge < -0.3 is 11.1 Å². The maximum Gasteiger partial charge on any atom is 0.151 e. The Morgan fingerprint density at radius 2 is 1.92 bits per heavy atom. The Morgan fingerprint density at radius 1 is 1.00 bits per heavy atom. The molecule has 2 aromatic heterocycles. The normalized spacial score (nSPS) is 14.5. The molecule has 0 amide bonds. The van der Waals surface area contributed by atoms with Gasteiger partial charge in [-0.3, -0.25) is 9.98 Å². The SMILES string of the molecule is Nc1ncc2ccccc2c1N=Nc1ccc(C2=NCCCN2)nc1. The number of nitrogen functional groups attached to an aromatic ring is 1. The largest absolute Gasteiger partial charge is 0.382 e. The van der Waals surface area contributed by atoms with Crippen LogP contribution in [0.3, 0.4) is 0 Å². The van der Waals surface area contributed by atoms with E-state index in [1.54, 1.807) is 12.4 Å². The fourth-order valence-electron chi connectivity index (χ4n) is 2.67. The molecule has 0 saturated carbocycles. The molecule has 0 bridgehead atoms. The highest BCUT2D eigenvalue weighted by atomic mass is 15.1. The zero-order chi connectivity index (χ0) is 17.1. The maximum atomic E-state index is 5.97. The molecule has 1 aliphatic heterocycles. The Balaban J connectivity index is 1.62. The maximum absolute atomic E-state index is 5.97. The summed E-state index contributed by atoms with van der Waals surface area (Å²) in [6.07, 6.45) is 4.46. The van der Waals surface area contributed by atoms with Crippen LogP contribution in [0.4, 0.5) is 17.2 Å². The van der Waals surface area contributed by atoms with Gasteiger partial charge in [0, 0.05) is 30.1 Å². The van der Waals surface area contributed by atoms with E-state index in [1.165, 1.54) is 0 Å². The summed E-state index contributed by atoms with van der Waals surface area (Å²) in [4.78, 5) is 13.0. The van der Waals surface area contributed by atoms with Crippen LogP contribution in [0.5, 0.6) is 0 Å². The molecule has 7 nitrogen and oxygen atoms in total. The standard InChI is InChI=1S/C18H17N7/c19-17-16(14-5-2-1-4-12(14)10-23-17)25-24-13-6-7-15(22-11-13)18-20-8-3-9-21-18/h1-2,4-7,10-11H,3,8-9H2,(H2,19,23)(H,20,21). The minimum Gasteiger partial charge on any atom is -0.382 e. The van der Waals surface area contributed by atoms with Crippen molar-refractivity contribution in [2.45, 2.75) is 6.42 Å². The van der Waals surface area contributed by atoms with Gasteiger partial charge in [0.2, 0.25) is 0 Å². The monoisotopic (exact) mass is 331 g/mol. The van der Waals surface area contributed by atoms with Crippen LogP contribution >= 0.6 is 0 Å². The number of fused-ring (bicyclic) bond motifs is 1. The Hall–Kier alpha value is -3.35. The molecule has 0 atom stereocenters. The Morgan fingerprint density at radius 3 is 2.72 bits per heavy atom. The molecule has 3 N–H and O–H groups in total. The van der Waals surface area contributed by atoms with E-state index in [9.17, 15) is 0 Å². The molecule has 0 spiro atoms. The third kappa shape index (κ3) is 3.16. The van der Waals surface area contributed by atoms with Crippen molar-refractivity contribution in [3.63, 3.8) is 0 Å². The Kier molecular flexibility index (Phi) is 4.04. The number of nitrogens with one attached hydrogen (secondary N) is 1. The lowest BCUT2D eigenvalue weighted by molar-refractivity contribution is 0.740. The molecular formula is C18H17N7. The van der Waals surface area contributed by atoms with Gasteiger partial charge in [-0.2, -0.15) is 0 Å². The van der Waals surface area contributed by atoms with Crippen LogP contribution < -0.4 is 11.1 Å². The van der Waals surface area contributed by atoms with Gasteiger partial charge >= 0.3 is 0 Å². The van der Waals surface area contributed by atoms with E-state index in [-0.39, 0.29) is 0 Å². The Labute approximate surface area is 144 Å². The molecule has 25 heavy (non-hydrogen) atoms. The van der Waals surface area contributed by atoms with Crippen LogP contribution in [-0.4, -0.2) is 28.9 Å². The lowest BCUT2D eigenvalue weighted by Gasteiger charge is -2.13. The molecule has 3 aromatic rings. The van der Waals surface area contributed by atoms with Crippen molar-refractivity contribution in [2.75, 3.05) is 18.8 Å². The molecule has 3 heterocycles. The second kappa shape index (κ2) is 6.64. The van der Waals surface area contributed by atoms with Crippen LogP contribution in [0.25, 0.3) is 10.8 Å². The van der Waals surface area contributed by atoms with Gasteiger partial charge in [0.1, 0.15) is 22.9 Å². The van der Waals surface area contributed by atoms with E-state index in [0.29, 0.717) is 17.2 Å². The lowest BCUT2D eigenvalue weighted by atomic mass is 10.1. The van der Waals surface area contributed by atoms with E-state index in [0.717, 1.165) is 41.8 Å². The third-order valence-electron chi connectivity index (χ3n) is 3.95. The number of nitrogens with two attached hydrogens (primary N) is 1. The summed E-state index contributed by atoms with van der Waals surface area (Å²) in [5.41, 5.74) is 7.99. The van der Waals surface area contributed by atoms with Gasteiger partial charge in [-0.1, -0.05) is 24.3 Å². The van der Waals surface area contributed by atoms with Crippen LogP contribution in [0, 0.1) is 0 Å². The van der Waals surface area contributed by atoms with Crippen molar-refractivity contribution < 1.29 is 0 Å². The van der Waals surface area contributed by atoms with Gasteiger partial charge in [0.25, 0.3) is 0 Å². The highest BCUT2D eigenvalue weighted by Gasteiger charge is 2.08. The predicted octanol–water partition coefficient (Wildman–Crippen LogP) is 3.37. The van der Waals surface area contributed by atoms with Crippen molar-refractivity contribution in [3.05, 3.63) is 54.5 Å². The average molecular weight is 331 g/mol. The number of nitrogens with zero attached hydrogens (tertiary/aromatic N) is 5. The number of pyridine rings is 2. The molecule has 0 saturated heterocycles. The molecule has 0 aliphatic carbocycles. The Bertz CT molecular complexity index is 961. The van der Waals surface area contributed by atoms with Gasteiger partial charge in [-0.05, 0) is 18.6 Å². The molecule has 7 heteroatoms. The van der Waals surface area contributed by atoms with E-state index in [4.69, 9.17) is 5.73 Å². The zero-order valence-electron chi connectivity index (χ0n) is 13.6. The average Bonchev–Trinajstić information content (AvgIpc) is 2.68. The number of hydrogen-bond acceptors (Lipinski definition) is 7. The smallest absolute Gasteiger partial charge is 0.151 e. The number of amidine groups is 1. The second-order valence-corrected chi connectivity index (χ2v) is 5.69. The number of benzene rings is 1. The second-order valence-electron chi connectivity index (χ2n) is 5.69. The predicted molar refractivity (Wildman–Crippen MR) is 98.6 cm³/mol. The van der Waals surface area contributed by atoms with Crippen molar-refractivity contribution in [2.24, 2.45) is 15.2 Å². The molecule has 4 rings (SSSR count). The zero-order valence-corrected chi connectivity index (χ0v) is 13.6. The van der Waals surface area contributed by atoms with Gasteiger partial charge in [-0.15, -0.1) is 10.2 Å². The van der Waals surface area contributed by atoms with Crippen molar-refractivity contribution in [1.29, 1.82) is 0 Å². The number of aromatic nitrogens is 2. The molecular weight excluding hydrogens is 314 g/mol. The molecule has 124 valence electrons. The summed E-state index contributed by atoms with van der Waals surface area (Å²) in [7, 11) is 0. The van der Waals surface area contributed by atoms with Crippen LogP contribution in [0.1, 0.15) is 12.1 Å². The summed E-state index contributed by atoms with van der Waals surface area (Å²) >= 11 is 0.